The highest BCUT2D eigenvalue weighted by Gasteiger charge is 2.52. The molecule has 1 unspecified atom stereocenters. The largest absolute Gasteiger partial charge is 0.466 e. The van der Waals surface area contributed by atoms with Gasteiger partial charge in [-0.1, -0.05) is 6.07 Å². The Kier molecular flexibility index (Phi) is 7.95. The molecule has 1 aromatic rings. The van der Waals surface area contributed by atoms with Crippen LogP contribution in [0.1, 0.15) is 43.0 Å². The summed E-state index contributed by atoms with van der Waals surface area (Å²) in [5, 5.41) is 9.66. The van der Waals surface area contributed by atoms with E-state index >= 15 is 0 Å². The third-order valence-corrected chi connectivity index (χ3v) is 3.52. The number of carbonyl (C=O) groups is 1. The molecule has 3 N–H and O–H groups in total. The van der Waals surface area contributed by atoms with Gasteiger partial charge in [0.25, 0.3) is 0 Å². The van der Waals surface area contributed by atoms with Crippen molar-refractivity contribution in [2.45, 2.75) is 44.3 Å². The molecule has 11 heteroatoms. The van der Waals surface area contributed by atoms with Crippen molar-refractivity contribution in [1.82, 2.24) is 0 Å². The maximum atomic E-state index is 13.0. The number of esters is 1. The highest BCUT2D eigenvalue weighted by Crippen LogP contribution is 2.41. The van der Waals surface area contributed by atoms with E-state index in [9.17, 15) is 36.2 Å². The van der Waals surface area contributed by atoms with Gasteiger partial charge in [0.1, 0.15) is 0 Å². The lowest BCUT2D eigenvalue weighted by molar-refractivity contribution is -0.259. The van der Waals surface area contributed by atoms with Gasteiger partial charge >= 0.3 is 18.3 Å². The maximum absolute atomic E-state index is 13.0. The minimum absolute atomic E-state index is 0. The number of rotatable bonds is 5. The Morgan fingerprint density at radius 1 is 1.15 bits per heavy atom. The number of nitrogens with two attached hydrogens (primary N) is 1. The van der Waals surface area contributed by atoms with Crippen LogP contribution in [0.5, 0.6) is 0 Å². The topological polar surface area (TPSA) is 72.5 Å². The Labute approximate surface area is 151 Å². The Bertz CT molecular complexity index is 631. The molecule has 0 saturated heterocycles. The van der Waals surface area contributed by atoms with Crippen LogP contribution in [0.2, 0.25) is 0 Å². The second-order valence-electron chi connectivity index (χ2n) is 5.53. The molecule has 1 aromatic carbocycles. The van der Waals surface area contributed by atoms with Crippen LogP contribution in [0, 0.1) is 0 Å². The third-order valence-electron chi connectivity index (χ3n) is 3.52. The summed E-state index contributed by atoms with van der Waals surface area (Å²) in [6.07, 6.45) is -10.7. The van der Waals surface area contributed by atoms with Crippen molar-refractivity contribution in [3.05, 3.63) is 34.9 Å². The van der Waals surface area contributed by atoms with Gasteiger partial charge < -0.3 is 15.6 Å². The third kappa shape index (κ3) is 5.75. The monoisotopic (exact) mass is 409 g/mol. The summed E-state index contributed by atoms with van der Waals surface area (Å²) in [6, 6.07) is 0.115. The van der Waals surface area contributed by atoms with E-state index < -0.39 is 47.5 Å². The van der Waals surface area contributed by atoms with Gasteiger partial charge in [0, 0.05) is 6.04 Å². The fraction of sp³-hybridized carbons (Fsp3) is 0.533. The minimum Gasteiger partial charge on any atom is -0.466 e. The van der Waals surface area contributed by atoms with Gasteiger partial charge in [-0.3, -0.25) is 4.79 Å². The van der Waals surface area contributed by atoms with Crippen molar-refractivity contribution < 1.29 is 41.0 Å². The molecule has 150 valence electrons. The quantitative estimate of drug-likeness (QED) is 0.572. The van der Waals surface area contributed by atoms with E-state index in [1.54, 1.807) is 0 Å². The molecular formula is C15H18ClF6NO3. The molecule has 0 radical (unpaired) electrons. The fourth-order valence-electron chi connectivity index (χ4n) is 1.99. The van der Waals surface area contributed by atoms with E-state index in [-0.39, 0.29) is 30.6 Å². The molecule has 2 atom stereocenters. The first-order valence-corrected chi connectivity index (χ1v) is 7.13. The maximum Gasteiger partial charge on any atom is 0.421 e. The zero-order valence-corrected chi connectivity index (χ0v) is 14.6. The molecule has 0 heterocycles. The van der Waals surface area contributed by atoms with E-state index in [0.717, 1.165) is 0 Å². The first kappa shape index (κ1) is 24.5. The second kappa shape index (κ2) is 8.45. The van der Waals surface area contributed by atoms with Crippen molar-refractivity contribution in [3.8, 4) is 0 Å². The lowest BCUT2D eigenvalue weighted by atomic mass is 9.89. The lowest BCUT2D eigenvalue weighted by Gasteiger charge is -2.28. The van der Waals surface area contributed by atoms with Crippen LogP contribution < -0.4 is 5.73 Å². The van der Waals surface area contributed by atoms with Crippen LogP contribution in [0.3, 0.4) is 0 Å². The second-order valence-corrected chi connectivity index (χ2v) is 5.53. The fourth-order valence-corrected chi connectivity index (χ4v) is 1.99. The molecule has 0 bridgehead atoms. The standard InChI is InChI=1S/C15H17F6NO3.ClH/c1-3-25-12(23)7-11(22)8-4-9(13(2,24)15(19,20)21)6-10(5-8)14(16,17)18;/h4-6,11,24H,3,7,22H2,1-2H3;1H/t11-,13?;/m0./s1. The minimum atomic E-state index is -5.21. The summed E-state index contributed by atoms with van der Waals surface area (Å²) in [6.45, 7) is 1.86. The van der Waals surface area contributed by atoms with E-state index in [4.69, 9.17) is 5.73 Å². The van der Waals surface area contributed by atoms with Crippen molar-refractivity contribution >= 4 is 18.4 Å². The molecule has 0 aromatic heterocycles. The van der Waals surface area contributed by atoms with Gasteiger partial charge in [-0.05, 0) is 37.1 Å². The average molecular weight is 410 g/mol. The summed E-state index contributed by atoms with van der Waals surface area (Å²) >= 11 is 0. The summed E-state index contributed by atoms with van der Waals surface area (Å²) in [7, 11) is 0. The molecule has 0 amide bonds. The lowest BCUT2D eigenvalue weighted by Crippen LogP contribution is -2.39. The normalized spacial score (nSPS) is 15.6. The van der Waals surface area contributed by atoms with Crippen LogP contribution in [0.25, 0.3) is 0 Å². The van der Waals surface area contributed by atoms with Gasteiger partial charge in [0.15, 0.2) is 5.60 Å². The zero-order chi connectivity index (χ0) is 19.6. The molecule has 0 saturated carbocycles. The number of carbonyl (C=O) groups excluding carboxylic acids is 1. The van der Waals surface area contributed by atoms with Crippen LogP contribution >= 0.6 is 12.4 Å². The number of hydrogen-bond acceptors (Lipinski definition) is 4. The number of aliphatic hydroxyl groups is 1. The summed E-state index contributed by atoms with van der Waals surface area (Å²) in [4.78, 5) is 11.4. The number of benzene rings is 1. The molecule has 1 rings (SSSR count). The summed E-state index contributed by atoms with van der Waals surface area (Å²) in [5.74, 6) is -0.809. The van der Waals surface area contributed by atoms with Gasteiger partial charge in [-0.25, -0.2) is 0 Å². The van der Waals surface area contributed by atoms with Gasteiger partial charge in [0.05, 0.1) is 18.6 Å². The van der Waals surface area contributed by atoms with Crippen LogP contribution in [-0.4, -0.2) is 23.9 Å². The molecule has 4 nitrogen and oxygen atoms in total. The number of ether oxygens (including phenoxy) is 1. The van der Waals surface area contributed by atoms with Crippen molar-refractivity contribution in [2.24, 2.45) is 5.73 Å². The first-order valence-electron chi connectivity index (χ1n) is 7.13. The molecule has 0 aliphatic rings. The molecule has 0 fully saturated rings. The molecule has 0 aliphatic heterocycles. The Hall–Kier alpha value is -1.52. The molecule has 26 heavy (non-hydrogen) atoms. The van der Waals surface area contributed by atoms with Crippen molar-refractivity contribution in [2.75, 3.05) is 6.61 Å². The van der Waals surface area contributed by atoms with Gasteiger partial charge in [-0.2, -0.15) is 26.3 Å². The van der Waals surface area contributed by atoms with Crippen molar-refractivity contribution in [1.29, 1.82) is 0 Å². The smallest absolute Gasteiger partial charge is 0.421 e. The zero-order valence-electron chi connectivity index (χ0n) is 13.7. The number of alkyl halides is 6. The number of halogens is 7. The highest BCUT2D eigenvalue weighted by atomic mass is 35.5. The Morgan fingerprint density at radius 2 is 1.65 bits per heavy atom. The Morgan fingerprint density at radius 3 is 2.08 bits per heavy atom. The van der Waals surface area contributed by atoms with E-state index in [1.807, 2.05) is 0 Å². The van der Waals surface area contributed by atoms with E-state index in [2.05, 4.69) is 4.74 Å². The molecular weight excluding hydrogens is 392 g/mol. The first-order chi connectivity index (χ1) is 11.2. The van der Waals surface area contributed by atoms with Gasteiger partial charge in [-0.15, -0.1) is 12.4 Å². The molecule has 0 aliphatic carbocycles. The van der Waals surface area contributed by atoms with Crippen LogP contribution in [0.15, 0.2) is 18.2 Å². The summed E-state index contributed by atoms with van der Waals surface area (Å²) in [5.41, 5.74) is -0.702. The predicted molar refractivity (Wildman–Crippen MR) is 82.5 cm³/mol. The Balaban J connectivity index is 0.00000625. The summed E-state index contributed by atoms with van der Waals surface area (Å²) < 4.78 is 82.4. The average Bonchev–Trinajstić information content (AvgIpc) is 2.44. The predicted octanol–water partition coefficient (Wildman–Crippen LogP) is 3.85. The number of hydrogen-bond donors (Lipinski definition) is 2. The van der Waals surface area contributed by atoms with Crippen LogP contribution in [-0.2, 0) is 21.3 Å². The molecule has 0 spiro atoms. The van der Waals surface area contributed by atoms with E-state index in [0.29, 0.717) is 19.1 Å². The van der Waals surface area contributed by atoms with E-state index in [1.165, 1.54) is 6.92 Å². The highest BCUT2D eigenvalue weighted by molar-refractivity contribution is 5.85. The van der Waals surface area contributed by atoms with Gasteiger partial charge in [0.2, 0.25) is 0 Å². The van der Waals surface area contributed by atoms with Crippen LogP contribution in [0.4, 0.5) is 26.3 Å². The SMILES string of the molecule is CCOC(=O)C[C@H](N)c1cc(C(F)(F)F)cc(C(C)(O)C(F)(F)F)c1.Cl. The van der Waals surface area contributed by atoms with Crippen molar-refractivity contribution in [3.63, 3.8) is 0 Å².